The van der Waals surface area contributed by atoms with Gasteiger partial charge in [0.25, 0.3) is 5.91 Å². The van der Waals surface area contributed by atoms with E-state index in [4.69, 9.17) is 11.2 Å². The molecule has 0 spiro atoms. The Kier molecular flexibility index (Phi) is 5.73. The second-order valence-corrected chi connectivity index (χ2v) is 7.38. The maximum Gasteiger partial charge on any atom is 0.407 e. The number of carbonyl (C=O) groups is 2. The number of carbonyl (C=O) groups excluding carboxylic acids is 2. The quantitative estimate of drug-likeness (QED) is 0.840. The molecule has 0 bridgehead atoms. The minimum Gasteiger partial charge on any atom is -0.444 e. The zero-order valence-corrected chi connectivity index (χ0v) is 15.4. The van der Waals surface area contributed by atoms with E-state index in [9.17, 15) is 9.59 Å². The Balaban J connectivity index is 2.06. The number of nitrogens with one attached hydrogen (secondary N) is 1. The van der Waals surface area contributed by atoms with E-state index in [1.807, 2.05) is 39.8 Å². The van der Waals surface area contributed by atoms with Gasteiger partial charge in [0.2, 0.25) is 0 Å². The number of ether oxygens (including phenoxy) is 1. The molecule has 1 aromatic rings. The van der Waals surface area contributed by atoms with Gasteiger partial charge in [-0.2, -0.15) is 0 Å². The Hall–Kier alpha value is -2.48. The summed E-state index contributed by atoms with van der Waals surface area (Å²) in [5.74, 6) is 2.53. The van der Waals surface area contributed by atoms with Crippen molar-refractivity contribution in [1.29, 1.82) is 0 Å². The summed E-state index contributed by atoms with van der Waals surface area (Å²) in [4.78, 5) is 26.6. The first kappa shape index (κ1) is 18.9. The van der Waals surface area contributed by atoms with Gasteiger partial charge in [0, 0.05) is 24.7 Å². The second-order valence-electron chi connectivity index (χ2n) is 7.38. The van der Waals surface area contributed by atoms with Crippen LogP contribution in [0, 0.1) is 19.3 Å². The Morgan fingerprint density at radius 2 is 2.08 bits per heavy atom. The highest BCUT2D eigenvalue weighted by Crippen LogP contribution is 2.19. The van der Waals surface area contributed by atoms with Gasteiger partial charge in [0.1, 0.15) is 5.60 Å². The van der Waals surface area contributed by atoms with Crippen molar-refractivity contribution in [2.75, 3.05) is 13.1 Å². The van der Waals surface area contributed by atoms with Gasteiger partial charge in [-0.15, -0.1) is 6.42 Å². The molecule has 1 heterocycles. The van der Waals surface area contributed by atoms with Gasteiger partial charge >= 0.3 is 6.09 Å². The third kappa shape index (κ3) is 4.99. The smallest absolute Gasteiger partial charge is 0.407 e. The van der Waals surface area contributed by atoms with Crippen LogP contribution in [0.15, 0.2) is 18.2 Å². The van der Waals surface area contributed by atoms with E-state index in [1.165, 1.54) is 0 Å². The van der Waals surface area contributed by atoms with Crippen molar-refractivity contribution in [3.63, 3.8) is 0 Å². The lowest BCUT2D eigenvalue weighted by atomic mass is 9.99. The maximum absolute atomic E-state index is 12.9. The van der Waals surface area contributed by atoms with Crippen LogP contribution < -0.4 is 5.32 Å². The van der Waals surface area contributed by atoms with Crippen molar-refractivity contribution in [1.82, 2.24) is 10.2 Å². The van der Waals surface area contributed by atoms with Crippen LogP contribution in [0.25, 0.3) is 0 Å². The molecule has 0 unspecified atom stereocenters. The molecule has 0 aliphatic carbocycles. The fraction of sp³-hybridized carbons (Fsp3) is 0.500. The van der Waals surface area contributed by atoms with Crippen molar-refractivity contribution in [2.24, 2.45) is 0 Å². The number of hydrogen-bond donors (Lipinski definition) is 1. The van der Waals surface area contributed by atoms with E-state index in [0.717, 1.165) is 18.4 Å². The van der Waals surface area contributed by atoms with E-state index in [0.29, 0.717) is 24.2 Å². The summed E-state index contributed by atoms with van der Waals surface area (Å²) in [5, 5.41) is 2.86. The fourth-order valence-electron chi connectivity index (χ4n) is 2.96. The number of aryl methyl sites for hydroxylation is 1. The van der Waals surface area contributed by atoms with Crippen LogP contribution in [0.2, 0.25) is 0 Å². The predicted octanol–water partition coefficient (Wildman–Crippen LogP) is 3.11. The van der Waals surface area contributed by atoms with Crippen LogP contribution in [0.4, 0.5) is 4.79 Å². The molecule has 2 amide bonds. The second kappa shape index (κ2) is 7.60. The van der Waals surface area contributed by atoms with Crippen LogP contribution in [-0.4, -0.2) is 41.6 Å². The number of terminal acetylenes is 1. The molecule has 1 aliphatic rings. The number of nitrogens with zero attached hydrogens (tertiary/aromatic N) is 1. The lowest BCUT2D eigenvalue weighted by Gasteiger charge is -2.34. The van der Waals surface area contributed by atoms with Crippen molar-refractivity contribution in [3.8, 4) is 12.3 Å². The van der Waals surface area contributed by atoms with E-state index in [2.05, 4.69) is 11.2 Å². The summed E-state index contributed by atoms with van der Waals surface area (Å²) in [6.07, 6.45) is 6.77. The third-order valence-electron chi connectivity index (χ3n) is 4.08. The molecule has 1 aliphatic heterocycles. The summed E-state index contributed by atoms with van der Waals surface area (Å²) < 4.78 is 5.29. The van der Waals surface area contributed by atoms with Crippen LogP contribution in [0.1, 0.15) is 55.1 Å². The SMILES string of the molecule is C#Cc1c(C)cccc1C(=O)N1CCC[C@H](NC(=O)OC(C)(C)C)C1. The average molecular weight is 342 g/mol. The van der Waals surface area contributed by atoms with Gasteiger partial charge in [-0.3, -0.25) is 4.79 Å². The van der Waals surface area contributed by atoms with Crippen LogP contribution >= 0.6 is 0 Å². The largest absolute Gasteiger partial charge is 0.444 e. The van der Waals surface area contributed by atoms with E-state index < -0.39 is 11.7 Å². The first-order valence-corrected chi connectivity index (χ1v) is 8.56. The number of alkyl carbamates (subject to hydrolysis) is 1. The number of piperidine rings is 1. The zero-order valence-electron chi connectivity index (χ0n) is 15.4. The average Bonchev–Trinajstić information content (AvgIpc) is 2.52. The summed E-state index contributed by atoms with van der Waals surface area (Å²) in [5.41, 5.74) is 1.54. The monoisotopic (exact) mass is 342 g/mol. The minimum absolute atomic E-state index is 0.0904. The highest BCUT2D eigenvalue weighted by atomic mass is 16.6. The molecule has 0 aromatic heterocycles. The first-order valence-electron chi connectivity index (χ1n) is 8.56. The number of likely N-dealkylation sites (tertiary alicyclic amines) is 1. The number of benzene rings is 1. The number of amides is 2. The minimum atomic E-state index is -0.544. The highest BCUT2D eigenvalue weighted by molar-refractivity contribution is 5.97. The van der Waals surface area contributed by atoms with Crippen molar-refractivity contribution >= 4 is 12.0 Å². The van der Waals surface area contributed by atoms with Crippen LogP contribution in [-0.2, 0) is 4.74 Å². The van der Waals surface area contributed by atoms with Gasteiger partial charge in [0.15, 0.2) is 0 Å². The number of rotatable bonds is 2. The molecule has 1 aromatic carbocycles. The van der Waals surface area contributed by atoms with E-state index >= 15 is 0 Å². The molecule has 5 nitrogen and oxygen atoms in total. The summed E-state index contributed by atoms with van der Waals surface area (Å²) in [7, 11) is 0. The molecular formula is C20H26N2O3. The van der Waals surface area contributed by atoms with E-state index in [1.54, 1.807) is 11.0 Å². The van der Waals surface area contributed by atoms with Gasteiger partial charge in [-0.1, -0.05) is 18.1 Å². The molecule has 1 atom stereocenters. The normalized spacial score (nSPS) is 17.6. The fourth-order valence-corrected chi connectivity index (χ4v) is 2.96. The number of hydrogen-bond acceptors (Lipinski definition) is 3. The Morgan fingerprint density at radius 1 is 1.36 bits per heavy atom. The van der Waals surface area contributed by atoms with Gasteiger partial charge in [0.05, 0.1) is 5.56 Å². The zero-order chi connectivity index (χ0) is 18.6. The van der Waals surface area contributed by atoms with Gasteiger partial charge in [-0.05, 0) is 52.2 Å². The Morgan fingerprint density at radius 3 is 2.72 bits per heavy atom. The van der Waals surface area contributed by atoms with E-state index in [-0.39, 0.29) is 11.9 Å². The summed E-state index contributed by atoms with van der Waals surface area (Å²) in [6, 6.07) is 5.38. The van der Waals surface area contributed by atoms with Crippen molar-refractivity contribution in [3.05, 3.63) is 34.9 Å². The maximum atomic E-state index is 12.9. The summed E-state index contributed by atoms with van der Waals surface area (Å²) in [6.45, 7) is 8.47. The van der Waals surface area contributed by atoms with Crippen molar-refractivity contribution in [2.45, 2.75) is 52.2 Å². The lowest BCUT2D eigenvalue weighted by molar-refractivity contribution is 0.0452. The summed E-state index contributed by atoms with van der Waals surface area (Å²) >= 11 is 0. The Bertz CT molecular complexity index is 698. The predicted molar refractivity (Wildman–Crippen MR) is 97.4 cm³/mol. The molecular weight excluding hydrogens is 316 g/mol. The standard InChI is InChI=1S/C20H26N2O3/c1-6-16-14(2)9-7-11-17(16)18(23)22-12-8-10-15(13-22)21-19(24)25-20(3,4)5/h1,7,9,11,15H,8,10,12-13H2,2-5H3,(H,21,24)/t15-/m0/s1. The molecule has 1 fully saturated rings. The topological polar surface area (TPSA) is 58.6 Å². The third-order valence-corrected chi connectivity index (χ3v) is 4.08. The molecule has 1 saturated heterocycles. The first-order chi connectivity index (χ1) is 11.7. The molecule has 0 radical (unpaired) electrons. The molecule has 0 saturated carbocycles. The molecule has 1 N–H and O–H groups in total. The van der Waals surface area contributed by atoms with Crippen LogP contribution in [0.3, 0.4) is 0 Å². The Labute approximate surface area is 149 Å². The molecule has 134 valence electrons. The lowest BCUT2D eigenvalue weighted by Crippen LogP contribution is -2.50. The highest BCUT2D eigenvalue weighted by Gasteiger charge is 2.28. The van der Waals surface area contributed by atoms with Gasteiger partial charge in [-0.25, -0.2) is 4.79 Å². The van der Waals surface area contributed by atoms with Crippen molar-refractivity contribution < 1.29 is 14.3 Å². The van der Waals surface area contributed by atoms with Crippen LogP contribution in [0.5, 0.6) is 0 Å². The van der Waals surface area contributed by atoms with Gasteiger partial charge < -0.3 is 15.0 Å². The molecule has 2 rings (SSSR count). The molecule has 5 heteroatoms. The molecule has 25 heavy (non-hydrogen) atoms.